The van der Waals surface area contributed by atoms with E-state index >= 15 is 0 Å². The number of aliphatic imine (C=N–C) groups is 1. The van der Waals surface area contributed by atoms with Crippen LogP contribution in [0.15, 0.2) is 59.7 Å². The van der Waals surface area contributed by atoms with E-state index in [-0.39, 0.29) is 0 Å². The summed E-state index contributed by atoms with van der Waals surface area (Å²) in [5, 5.41) is 0. The van der Waals surface area contributed by atoms with Gasteiger partial charge >= 0.3 is 0 Å². The van der Waals surface area contributed by atoms with Crippen molar-refractivity contribution in [2.24, 2.45) is 4.99 Å². The fourth-order valence-corrected chi connectivity index (χ4v) is 1.17. The Morgan fingerprint density at radius 1 is 1.00 bits per heavy atom. The van der Waals surface area contributed by atoms with Crippen molar-refractivity contribution in [3.63, 3.8) is 0 Å². The molecule has 16 heavy (non-hydrogen) atoms. The second-order valence-electron chi connectivity index (χ2n) is 3.08. The van der Waals surface area contributed by atoms with Gasteiger partial charge in [-0.15, -0.1) is 0 Å². The van der Waals surface area contributed by atoms with Crippen molar-refractivity contribution >= 4 is 12.0 Å². The van der Waals surface area contributed by atoms with Gasteiger partial charge in [0.2, 0.25) is 0 Å². The van der Waals surface area contributed by atoms with E-state index in [0.717, 1.165) is 5.56 Å². The molecule has 0 aliphatic carbocycles. The van der Waals surface area contributed by atoms with Gasteiger partial charge in [-0.3, -0.25) is 0 Å². The van der Waals surface area contributed by atoms with Gasteiger partial charge in [-0.2, -0.15) is 0 Å². The van der Waals surface area contributed by atoms with Crippen molar-refractivity contribution in [3.8, 4) is 11.8 Å². The molecule has 2 rings (SSSR count). The smallest absolute Gasteiger partial charge is 0.152 e. The SMILES string of the molecule is C(#Cc1ccccc1)/C=N\c1ccccn1. The maximum atomic E-state index is 4.11. The number of nitrogens with zero attached hydrogens (tertiary/aromatic N) is 2. The molecule has 0 amide bonds. The Morgan fingerprint density at radius 2 is 1.81 bits per heavy atom. The van der Waals surface area contributed by atoms with Gasteiger partial charge in [-0.05, 0) is 30.2 Å². The number of aromatic nitrogens is 1. The highest BCUT2D eigenvalue weighted by Crippen LogP contribution is 2.02. The van der Waals surface area contributed by atoms with Gasteiger partial charge in [-0.25, -0.2) is 9.98 Å². The zero-order valence-corrected chi connectivity index (χ0v) is 8.67. The van der Waals surface area contributed by atoms with Gasteiger partial charge in [0.1, 0.15) is 0 Å². The van der Waals surface area contributed by atoms with E-state index in [1.165, 1.54) is 0 Å². The topological polar surface area (TPSA) is 25.2 Å². The van der Waals surface area contributed by atoms with E-state index in [4.69, 9.17) is 0 Å². The van der Waals surface area contributed by atoms with Gasteiger partial charge in [0.05, 0.1) is 6.21 Å². The van der Waals surface area contributed by atoms with Crippen LogP contribution in [-0.4, -0.2) is 11.2 Å². The summed E-state index contributed by atoms with van der Waals surface area (Å²) in [5.41, 5.74) is 0.981. The summed E-state index contributed by atoms with van der Waals surface area (Å²) in [6.07, 6.45) is 3.27. The Morgan fingerprint density at radius 3 is 2.56 bits per heavy atom. The molecule has 76 valence electrons. The largest absolute Gasteiger partial charge is 0.237 e. The van der Waals surface area contributed by atoms with Crippen LogP contribution in [0.1, 0.15) is 5.56 Å². The monoisotopic (exact) mass is 206 g/mol. The Bertz CT molecular complexity index is 519. The minimum absolute atomic E-state index is 0.671. The normalized spacial score (nSPS) is 9.75. The third-order valence-electron chi connectivity index (χ3n) is 1.90. The van der Waals surface area contributed by atoms with E-state index in [9.17, 15) is 0 Å². The molecule has 0 radical (unpaired) electrons. The van der Waals surface area contributed by atoms with Crippen molar-refractivity contribution in [1.29, 1.82) is 0 Å². The molecule has 0 unspecified atom stereocenters. The minimum Gasteiger partial charge on any atom is -0.237 e. The van der Waals surface area contributed by atoms with Crippen LogP contribution in [0.25, 0.3) is 0 Å². The van der Waals surface area contributed by atoms with Crippen LogP contribution in [0.2, 0.25) is 0 Å². The maximum absolute atomic E-state index is 4.11. The van der Waals surface area contributed by atoms with Crippen LogP contribution in [0, 0.1) is 11.8 Å². The highest BCUT2D eigenvalue weighted by Gasteiger charge is 1.82. The number of hydrogen-bond acceptors (Lipinski definition) is 2. The summed E-state index contributed by atoms with van der Waals surface area (Å²) >= 11 is 0. The summed E-state index contributed by atoms with van der Waals surface area (Å²) in [4.78, 5) is 8.17. The molecule has 0 saturated carbocycles. The molecular weight excluding hydrogens is 196 g/mol. The summed E-state index contributed by atoms with van der Waals surface area (Å²) in [5.74, 6) is 6.53. The van der Waals surface area contributed by atoms with Crippen molar-refractivity contribution < 1.29 is 0 Å². The average Bonchev–Trinajstić information content (AvgIpc) is 2.37. The first-order valence-corrected chi connectivity index (χ1v) is 4.95. The second kappa shape index (κ2) is 5.47. The molecule has 0 aliphatic heterocycles. The Kier molecular flexibility index (Phi) is 3.47. The third kappa shape index (κ3) is 3.07. The van der Waals surface area contributed by atoms with Crippen LogP contribution in [0.5, 0.6) is 0 Å². The lowest BCUT2D eigenvalue weighted by Crippen LogP contribution is -1.73. The van der Waals surface area contributed by atoms with E-state index in [1.54, 1.807) is 12.4 Å². The third-order valence-corrected chi connectivity index (χ3v) is 1.90. The Labute approximate surface area is 94.7 Å². The van der Waals surface area contributed by atoms with Crippen LogP contribution in [0.4, 0.5) is 5.82 Å². The van der Waals surface area contributed by atoms with Gasteiger partial charge in [0.25, 0.3) is 0 Å². The standard InChI is InChI=1S/C14H10N2/c1-2-7-13(8-3-1)9-6-12-16-14-10-4-5-11-15-14/h1-5,7-8,10-12H/b16-12-. The van der Waals surface area contributed by atoms with Crippen LogP contribution >= 0.6 is 0 Å². The van der Waals surface area contributed by atoms with Crippen molar-refractivity contribution in [2.75, 3.05) is 0 Å². The predicted molar refractivity (Wildman–Crippen MR) is 65.7 cm³/mol. The number of benzene rings is 1. The van der Waals surface area contributed by atoms with Crippen LogP contribution in [0.3, 0.4) is 0 Å². The van der Waals surface area contributed by atoms with Gasteiger partial charge in [0.15, 0.2) is 5.82 Å². The minimum atomic E-state index is 0.671. The lowest BCUT2D eigenvalue weighted by molar-refractivity contribution is 1.28. The molecule has 1 heterocycles. The molecule has 0 atom stereocenters. The fourth-order valence-electron chi connectivity index (χ4n) is 1.17. The zero-order valence-electron chi connectivity index (χ0n) is 8.67. The average molecular weight is 206 g/mol. The number of pyridine rings is 1. The fraction of sp³-hybridized carbons (Fsp3) is 0. The van der Waals surface area contributed by atoms with Crippen molar-refractivity contribution in [3.05, 3.63) is 60.3 Å². The highest BCUT2D eigenvalue weighted by molar-refractivity contribution is 5.81. The van der Waals surface area contributed by atoms with Crippen LogP contribution in [-0.2, 0) is 0 Å². The number of hydrogen-bond donors (Lipinski definition) is 0. The zero-order chi connectivity index (χ0) is 11.1. The molecule has 0 aliphatic rings. The molecule has 2 aromatic rings. The molecule has 2 nitrogen and oxygen atoms in total. The molecule has 0 fully saturated rings. The Balaban J connectivity index is 2.03. The summed E-state index contributed by atoms with van der Waals surface area (Å²) in [7, 11) is 0. The van der Waals surface area contributed by atoms with E-state index < -0.39 is 0 Å². The van der Waals surface area contributed by atoms with Gasteiger partial charge in [0, 0.05) is 11.8 Å². The second-order valence-corrected chi connectivity index (χ2v) is 3.08. The first-order chi connectivity index (χ1) is 7.95. The van der Waals surface area contributed by atoms with E-state index in [1.807, 2.05) is 48.5 Å². The molecule has 1 aromatic carbocycles. The molecule has 1 aromatic heterocycles. The molecule has 0 saturated heterocycles. The highest BCUT2D eigenvalue weighted by atomic mass is 14.9. The molecular formula is C14H10N2. The maximum Gasteiger partial charge on any atom is 0.152 e. The van der Waals surface area contributed by atoms with Gasteiger partial charge < -0.3 is 0 Å². The molecule has 0 bridgehead atoms. The van der Waals surface area contributed by atoms with Gasteiger partial charge in [-0.1, -0.05) is 30.2 Å². The quantitative estimate of drug-likeness (QED) is 0.520. The van der Waals surface area contributed by atoms with E-state index in [2.05, 4.69) is 21.8 Å². The lowest BCUT2D eigenvalue weighted by atomic mass is 10.2. The lowest BCUT2D eigenvalue weighted by Gasteiger charge is -1.87. The van der Waals surface area contributed by atoms with Crippen molar-refractivity contribution in [1.82, 2.24) is 4.98 Å². The summed E-state index contributed by atoms with van der Waals surface area (Å²) in [6.45, 7) is 0. The van der Waals surface area contributed by atoms with Crippen molar-refractivity contribution in [2.45, 2.75) is 0 Å². The first-order valence-electron chi connectivity index (χ1n) is 4.95. The van der Waals surface area contributed by atoms with E-state index in [0.29, 0.717) is 5.82 Å². The molecule has 0 N–H and O–H groups in total. The molecule has 0 spiro atoms. The summed E-state index contributed by atoms with van der Waals surface area (Å²) in [6, 6.07) is 15.4. The Hall–Kier alpha value is -2.40. The predicted octanol–water partition coefficient (Wildman–Crippen LogP) is 2.84. The molecule has 2 heteroatoms. The first kappa shape index (κ1) is 10.1. The van der Waals surface area contributed by atoms with Crippen LogP contribution < -0.4 is 0 Å². The number of rotatable bonds is 1. The summed E-state index contributed by atoms with van der Waals surface area (Å²) < 4.78 is 0.